The molecule has 0 aromatic heterocycles. The molecule has 7 nitrogen and oxygen atoms in total. The maximum atomic E-state index is 13.2. The molecular formula is C25H24ClF4N3O4. The van der Waals surface area contributed by atoms with E-state index in [1.807, 2.05) is 0 Å². The maximum absolute atomic E-state index is 13.2. The minimum atomic E-state index is -4.97. The number of carbonyl (C=O) groups excluding carboxylic acids is 2. The molecular weight excluding hydrogens is 518 g/mol. The molecule has 2 aromatic carbocycles. The molecule has 2 fully saturated rings. The van der Waals surface area contributed by atoms with E-state index in [4.69, 9.17) is 16.3 Å². The highest BCUT2D eigenvalue weighted by molar-refractivity contribution is 6.32. The second-order valence-electron chi connectivity index (χ2n) is 8.84. The van der Waals surface area contributed by atoms with Crippen LogP contribution in [0.3, 0.4) is 0 Å². The highest BCUT2D eigenvalue weighted by atomic mass is 35.5. The highest BCUT2D eigenvalue weighted by Crippen LogP contribution is 2.36. The second-order valence-corrected chi connectivity index (χ2v) is 9.25. The van der Waals surface area contributed by atoms with Crippen molar-refractivity contribution >= 4 is 40.9 Å². The Morgan fingerprint density at radius 3 is 2.38 bits per heavy atom. The van der Waals surface area contributed by atoms with E-state index >= 15 is 0 Å². The van der Waals surface area contributed by atoms with Crippen LogP contribution in [0, 0.1) is 5.82 Å². The summed E-state index contributed by atoms with van der Waals surface area (Å²) in [6.07, 6.45) is -1.23. The lowest BCUT2D eigenvalue weighted by atomic mass is 9.89. The van der Waals surface area contributed by atoms with Gasteiger partial charge in [0.05, 0.1) is 30.3 Å². The molecule has 2 saturated heterocycles. The Bertz CT molecular complexity index is 1180. The number of benzene rings is 2. The van der Waals surface area contributed by atoms with Crippen molar-refractivity contribution in [1.29, 1.82) is 0 Å². The van der Waals surface area contributed by atoms with Crippen LogP contribution in [0.1, 0.15) is 25.3 Å². The number of morpholine rings is 1. The summed E-state index contributed by atoms with van der Waals surface area (Å²) in [7, 11) is 0. The van der Waals surface area contributed by atoms with Gasteiger partial charge in [0.1, 0.15) is 11.6 Å². The first kappa shape index (κ1) is 26.7. The average Bonchev–Trinajstić information content (AvgIpc) is 2.79. The number of anilines is 2. The summed E-state index contributed by atoms with van der Waals surface area (Å²) in [6, 6.07) is 7.76. The van der Waals surface area contributed by atoms with Gasteiger partial charge in [-0.15, -0.1) is 13.2 Å². The molecule has 2 heterocycles. The Morgan fingerprint density at radius 1 is 1.14 bits per heavy atom. The molecule has 1 unspecified atom stereocenters. The van der Waals surface area contributed by atoms with Crippen LogP contribution in [0.25, 0.3) is 6.08 Å². The minimum absolute atomic E-state index is 0.0436. The average molecular weight is 542 g/mol. The van der Waals surface area contributed by atoms with Gasteiger partial charge >= 0.3 is 6.36 Å². The zero-order valence-electron chi connectivity index (χ0n) is 19.6. The van der Waals surface area contributed by atoms with E-state index in [-0.39, 0.29) is 46.1 Å². The fourth-order valence-corrected chi connectivity index (χ4v) is 4.83. The van der Waals surface area contributed by atoms with Crippen LogP contribution < -0.4 is 15.4 Å². The van der Waals surface area contributed by atoms with Crippen LogP contribution in [-0.4, -0.2) is 54.4 Å². The first-order chi connectivity index (χ1) is 17.5. The van der Waals surface area contributed by atoms with Crippen molar-refractivity contribution in [3.63, 3.8) is 0 Å². The van der Waals surface area contributed by atoms with E-state index in [1.54, 1.807) is 17.0 Å². The Hall–Kier alpha value is -3.31. The zero-order valence-corrected chi connectivity index (χ0v) is 20.4. The van der Waals surface area contributed by atoms with Crippen molar-refractivity contribution in [2.45, 2.75) is 44.3 Å². The molecule has 2 aliphatic rings. The molecule has 0 aliphatic carbocycles. The number of piperidine rings is 1. The largest absolute Gasteiger partial charge is 0.573 e. The normalized spacial score (nSPS) is 21.6. The van der Waals surface area contributed by atoms with Gasteiger partial charge in [0.2, 0.25) is 11.8 Å². The Kier molecular flexibility index (Phi) is 7.93. The lowest BCUT2D eigenvalue weighted by molar-refractivity contribution is -0.274. The summed E-state index contributed by atoms with van der Waals surface area (Å²) in [5.41, 5.74) is 1.01. The third kappa shape index (κ3) is 6.92. The predicted octanol–water partition coefficient (Wildman–Crippen LogP) is 5.22. The number of alkyl halides is 3. The molecule has 12 heteroatoms. The second kappa shape index (κ2) is 11.0. The fourth-order valence-electron chi connectivity index (χ4n) is 4.63. The van der Waals surface area contributed by atoms with Crippen LogP contribution >= 0.6 is 11.6 Å². The van der Waals surface area contributed by atoms with Crippen molar-refractivity contribution < 1.29 is 36.6 Å². The SMILES string of the molecule is CC(=O)Nc1cc(Cl)c(OC(F)(F)F)cc1/C=C/C(=O)N1[C@@H]2COC[C@H]1CC(Nc1ccc(F)cc1)C2. The van der Waals surface area contributed by atoms with Gasteiger partial charge < -0.3 is 25.0 Å². The smallest absolute Gasteiger partial charge is 0.404 e. The predicted molar refractivity (Wildman–Crippen MR) is 130 cm³/mol. The van der Waals surface area contributed by atoms with Gasteiger partial charge in [-0.1, -0.05) is 11.6 Å². The number of nitrogens with one attached hydrogen (secondary N) is 2. The fraction of sp³-hybridized carbons (Fsp3) is 0.360. The molecule has 2 amide bonds. The van der Waals surface area contributed by atoms with Gasteiger partial charge in [0.15, 0.2) is 0 Å². The number of rotatable bonds is 6. The van der Waals surface area contributed by atoms with Crippen LogP contribution in [0.5, 0.6) is 5.75 Å². The lowest BCUT2D eigenvalue weighted by Gasteiger charge is -2.48. The van der Waals surface area contributed by atoms with E-state index in [1.165, 1.54) is 31.2 Å². The molecule has 2 aromatic rings. The van der Waals surface area contributed by atoms with Gasteiger partial charge in [0.25, 0.3) is 0 Å². The quantitative estimate of drug-likeness (QED) is 0.387. The number of amides is 2. The molecule has 2 aliphatic heterocycles. The molecule has 2 bridgehead atoms. The third-order valence-electron chi connectivity index (χ3n) is 6.04. The Balaban J connectivity index is 1.51. The van der Waals surface area contributed by atoms with Crippen LogP contribution in [0.4, 0.5) is 28.9 Å². The van der Waals surface area contributed by atoms with Crippen LogP contribution in [0.15, 0.2) is 42.5 Å². The van der Waals surface area contributed by atoms with E-state index in [2.05, 4.69) is 15.4 Å². The van der Waals surface area contributed by atoms with Gasteiger partial charge in [-0.25, -0.2) is 4.39 Å². The van der Waals surface area contributed by atoms with Crippen molar-refractivity contribution in [3.05, 3.63) is 58.9 Å². The van der Waals surface area contributed by atoms with Crippen molar-refractivity contribution in [1.82, 2.24) is 4.90 Å². The number of hydrogen-bond acceptors (Lipinski definition) is 5. The molecule has 0 spiro atoms. The topological polar surface area (TPSA) is 79.9 Å². The highest BCUT2D eigenvalue weighted by Gasteiger charge is 2.41. The Labute approximate surface area is 215 Å². The molecule has 4 rings (SSSR count). The monoisotopic (exact) mass is 541 g/mol. The first-order valence-corrected chi connectivity index (χ1v) is 11.8. The summed E-state index contributed by atoms with van der Waals surface area (Å²) in [6.45, 7) is 1.90. The number of nitrogens with zero attached hydrogens (tertiary/aromatic N) is 1. The standard InChI is InChI=1S/C25H24ClF4N3O4/c1-14(34)31-22-11-21(26)23(37-25(28,29)30)8-15(22)2-7-24(35)33-19-9-18(10-20(33)13-36-12-19)32-17-5-3-16(27)4-6-17/h2-8,11,18-20,32H,9-10,12-13H2,1H3,(H,31,34)/b7-2+/t18?,19-,20+. The number of carbonyl (C=O) groups is 2. The van der Waals surface area contributed by atoms with Gasteiger partial charge in [0, 0.05) is 36.0 Å². The number of hydrogen-bond donors (Lipinski definition) is 2. The molecule has 0 saturated carbocycles. The number of halogens is 5. The summed E-state index contributed by atoms with van der Waals surface area (Å²) in [5.74, 6) is -1.81. The van der Waals surface area contributed by atoms with Gasteiger partial charge in [-0.3, -0.25) is 9.59 Å². The van der Waals surface area contributed by atoms with Crippen molar-refractivity contribution in [2.24, 2.45) is 0 Å². The summed E-state index contributed by atoms with van der Waals surface area (Å²) >= 11 is 5.91. The van der Waals surface area contributed by atoms with Crippen LogP contribution in [-0.2, 0) is 14.3 Å². The molecule has 3 atom stereocenters. The molecule has 37 heavy (non-hydrogen) atoms. The number of ether oxygens (including phenoxy) is 2. The van der Waals surface area contributed by atoms with E-state index in [0.29, 0.717) is 26.1 Å². The molecule has 198 valence electrons. The zero-order chi connectivity index (χ0) is 26.7. The van der Waals surface area contributed by atoms with Crippen LogP contribution in [0.2, 0.25) is 5.02 Å². The van der Waals surface area contributed by atoms with Gasteiger partial charge in [-0.05, 0) is 55.3 Å². The first-order valence-electron chi connectivity index (χ1n) is 11.5. The van der Waals surface area contributed by atoms with E-state index in [0.717, 1.165) is 17.8 Å². The maximum Gasteiger partial charge on any atom is 0.573 e. The number of fused-ring (bicyclic) bond motifs is 2. The minimum Gasteiger partial charge on any atom is -0.404 e. The Morgan fingerprint density at radius 2 is 1.78 bits per heavy atom. The molecule has 0 radical (unpaired) electrons. The lowest BCUT2D eigenvalue weighted by Crippen LogP contribution is -2.60. The summed E-state index contributed by atoms with van der Waals surface area (Å²) in [5, 5.41) is 5.51. The summed E-state index contributed by atoms with van der Waals surface area (Å²) < 4.78 is 61.2. The van der Waals surface area contributed by atoms with E-state index in [9.17, 15) is 27.2 Å². The summed E-state index contributed by atoms with van der Waals surface area (Å²) in [4.78, 5) is 26.5. The van der Waals surface area contributed by atoms with Crippen molar-refractivity contribution in [3.8, 4) is 5.75 Å². The van der Waals surface area contributed by atoms with Crippen molar-refractivity contribution in [2.75, 3.05) is 23.8 Å². The van der Waals surface area contributed by atoms with E-state index < -0.39 is 18.0 Å². The molecule has 2 N–H and O–H groups in total. The van der Waals surface area contributed by atoms with Gasteiger partial charge in [-0.2, -0.15) is 0 Å². The third-order valence-corrected chi connectivity index (χ3v) is 6.33.